The molecule has 1 aliphatic rings. The van der Waals surface area contributed by atoms with Gasteiger partial charge < -0.3 is 29.3 Å². The summed E-state index contributed by atoms with van der Waals surface area (Å²) in [5.41, 5.74) is 0.924. The summed E-state index contributed by atoms with van der Waals surface area (Å²) in [6.45, 7) is 3.51. The average molecular weight is 416 g/mol. The van der Waals surface area contributed by atoms with Crippen molar-refractivity contribution in [2.45, 2.75) is 38.2 Å². The summed E-state index contributed by atoms with van der Waals surface area (Å²) in [5, 5.41) is 6.78. The lowest BCUT2D eigenvalue weighted by Crippen LogP contribution is -2.34. The number of methoxy groups -OCH3 is 1. The molecule has 1 atom stereocenters. The number of furan rings is 1. The van der Waals surface area contributed by atoms with Crippen molar-refractivity contribution >= 4 is 11.6 Å². The van der Waals surface area contributed by atoms with Gasteiger partial charge in [-0.25, -0.2) is 0 Å². The summed E-state index contributed by atoms with van der Waals surface area (Å²) < 4.78 is 22.1. The molecule has 0 bridgehead atoms. The predicted octanol–water partition coefficient (Wildman–Crippen LogP) is 3.86. The van der Waals surface area contributed by atoms with Gasteiger partial charge in [-0.05, 0) is 43.5 Å². The summed E-state index contributed by atoms with van der Waals surface area (Å²) in [5.74, 6) is 2.50. The van der Waals surface area contributed by atoms with Gasteiger partial charge >= 0.3 is 0 Å². The van der Waals surface area contributed by atoms with Crippen molar-refractivity contribution in [3.63, 3.8) is 0 Å². The molecular formula is C23H33N3O4. The molecule has 30 heavy (non-hydrogen) atoms. The van der Waals surface area contributed by atoms with Crippen molar-refractivity contribution in [1.29, 1.82) is 0 Å². The molecule has 0 amide bonds. The van der Waals surface area contributed by atoms with Crippen LogP contribution in [0.15, 0.2) is 52.1 Å². The fraction of sp³-hybridized carbons (Fsp3) is 0.522. The largest absolute Gasteiger partial charge is 0.493 e. The molecule has 7 heteroatoms. The van der Waals surface area contributed by atoms with Gasteiger partial charge in [-0.2, -0.15) is 0 Å². The van der Waals surface area contributed by atoms with E-state index < -0.39 is 0 Å². The predicted molar refractivity (Wildman–Crippen MR) is 118 cm³/mol. The maximum absolute atomic E-state index is 5.82. The van der Waals surface area contributed by atoms with Gasteiger partial charge in [0.1, 0.15) is 11.5 Å². The van der Waals surface area contributed by atoms with Gasteiger partial charge in [0.25, 0.3) is 0 Å². The third kappa shape index (κ3) is 8.08. The third-order valence-corrected chi connectivity index (χ3v) is 4.83. The van der Waals surface area contributed by atoms with E-state index in [0.717, 1.165) is 62.0 Å². The molecule has 2 heterocycles. The van der Waals surface area contributed by atoms with Crippen molar-refractivity contribution in [3.05, 3.63) is 48.4 Å². The molecule has 1 aromatic heterocycles. The van der Waals surface area contributed by atoms with E-state index in [0.29, 0.717) is 19.8 Å². The molecule has 164 valence electrons. The minimum atomic E-state index is 0.192. The summed E-state index contributed by atoms with van der Waals surface area (Å²) in [6.07, 6.45) is 6.95. The molecule has 1 aromatic carbocycles. The van der Waals surface area contributed by atoms with Crippen molar-refractivity contribution in [2.24, 2.45) is 4.99 Å². The van der Waals surface area contributed by atoms with E-state index >= 15 is 0 Å². The SMILES string of the molecule is COCCCOc1cccc(NC(=NCC2CCCCO2)NCCc2ccco2)c1. The number of aliphatic imine (C=N–C) groups is 1. The first kappa shape index (κ1) is 22.2. The molecule has 0 aliphatic carbocycles. The highest BCUT2D eigenvalue weighted by molar-refractivity contribution is 5.93. The highest BCUT2D eigenvalue weighted by Gasteiger charge is 2.13. The second-order valence-electron chi connectivity index (χ2n) is 7.28. The Morgan fingerprint density at radius 3 is 2.97 bits per heavy atom. The van der Waals surface area contributed by atoms with Crippen molar-refractivity contribution in [2.75, 3.05) is 45.3 Å². The highest BCUT2D eigenvalue weighted by atomic mass is 16.5. The van der Waals surface area contributed by atoms with Crippen LogP contribution in [0.5, 0.6) is 5.75 Å². The zero-order valence-electron chi connectivity index (χ0n) is 17.8. The quantitative estimate of drug-likeness (QED) is 0.330. The monoisotopic (exact) mass is 415 g/mol. The summed E-state index contributed by atoms with van der Waals surface area (Å²) in [4.78, 5) is 4.76. The van der Waals surface area contributed by atoms with Gasteiger partial charge in [-0.15, -0.1) is 0 Å². The molecule has 2 aromatic rings. The molecule has 0 radical (unpaired) electrons. The molecule has 1 aliphatic heterocycles. The van der Waals surface area contributed by atoms with Crippen molar-refractivity contribution in [1.82, 2.24) is 5.32 Å². The Morgan fingerprint density at radius 2 is 2.17 bits per heavy atom. The Bertz CT molecular complexity index is 743. The lowest BCUT2D eigenvalue weighted by Gasteiger charge is -2.21. The first-order valence-electron chi connectivity index (χ1n) is 10.7. The van der Waals surface area contributed by atoms with E-state index in [2.05, 4.69) is 10.6 Å². The lowest BCUT2D eigenvalue weighted by molar-refractivity contribution is 0.0225. The number of anilines is 1. The highest BCUT2D eigenvalue weighted by Crippen LogP contribution is 2.18. The molecule has 0 spiro atoms. The smallest absolute Gasteiger partial charge is 0.195 e. The van der Waals surface area contributed by atoms with E-state index in [-0.39, 0.29) is 6.10 Å². The minimum Gasteiger partial charge on any atom is -0.493 e. The van der Waals surface area contributed by atoms with E-state index in [1.807, 2.05) is 36.4 Å². The zero-order valence-corrected chi connectivity index (χ0v) is 17.8. The normalized spacial score (nSPS) is 17.0. The van der Waals surface area contributed by atoms with Crippen LogP contribution in [0.2, 0.25) is 0 Å². The molecular weight excluding hydrogens is 382 g/mol. The van der Waals surface area contributed by atoms with Crippen molar-refractivity contribution < 1.29 is 18.6 Å². The van der Waals surface area contributed by atoms with E-state index in [1.54, 1.807) is 13.4 Å². The minimum absolute atomic E-state index is 0.192. The molecule has 1 saturated heterocycles. The first-order chi connectivity index (χ1) is 14.8. The fourth-order valence-electron chi connectivity index (χ4n) is 3.24. The number of hydrogen-bond acceptors (Lipinski definition) is 5. The number of nitrogens with zero attached hydrogens (tertiary/aromatic N) is 1. The van der Waals surface area contributed by atoms with Gasteiger partial charge in [0, 0.05) is 51.5 Å². The zero-order chi connectivity index (χ0) is 20.9. The van der Waals surface area contributed by atoms with E-state index in [4.69, 9.17) is 23.6 Å². The van der Waals surface area contributed by atoms with Gasteiger partial charge in [0.05, 0.1) is 25.5 Å². The summed E-state index contributed by atoms with van der Waals surface area (Å²) in [7, 11) is 1.70. The summed E-state index contributed by atoms with van der Waals surface area (Å²) in [6, 6.07) is 11.8. The molecule has 3 rings (SSSR count). The van der Waals surface area contributed by atoms with Crippen LogP contribution in [0.25, 0.3) is 0 Å². The molecule has 0 saturated carbocycles. The van der Waals surface area contributed by atoms with Crippen molar-refractivity contribution in [3.8, 4) is 5.75 Å². The number of ether oxygens (including phenoxy) is 3. The van der Waals surface area contributed by atoms with Crippen LogP contribution in [-0.4, -0.2) is 52.1 Å². The van der Waals surface area contributed by atoms with Crippen LogP contribution in [-0.2, 0) is 15.9 Å². The number of guanidine groups is 1. The molecule has 7 nitrogen and oxygen atoms in total. The van der Waals surface area contributed by atoms with E-state index in [1.165, 1.54) is 6.42 Å². The Morgan fingerprint density at radius 1 is 1.20 bits per heavy atom. The second kappa shape index (κ2) is 12.9. The van der Waals surface area contributed by atoms with Gasteiger partial charge in [-0.3, -0.25) is 4.99 Å². The molecule has 1 fully saturated rings. The fourth-order valence-corrected chi connectivity index (χ4v) is 3.24. The lowest BCUT2D eigenvalue weighted by atomic mass is 10.1. The van der Waals surface area contributed by atoms with E-state index in [9.17, 15) is 0 Å². The number of rotatable bonds is 11. The topological polar surface area (TPSA) is 77.2 Å². The Balaban J connectivity index is 1.57. The molecule has 2 N–H and O–H groups in total. The number of nitrogens with one attached hydrogen (secondary N) is 2. The van der Waals surface area contributed by atoms with Crippen LogP contribution >= 0.6 is 0 Å². The second-order valence-corrected chi connectivity index (χ2v) is 7.28. The average Bonchev–Trinajstić information content (AvgIpc) is 3.30. The number of hydrogen-bond donors (Lipinski definition) is 2. The Hall–Kier alpha value is -2.51. The van der Waals surface area contributed by atoms with Crippen LogP contribution in [0.1, 0.15) is 31.4 Å². The molecule has 1 unspecified atom stereocenters. The Labute approximate surface area is 178 Å². The van der Waals surface area contributed by atoms with Gasteiger partial charge in [0.2, 0.25) is 0 Å². The van der Waals surface area contributed by atoms with Crippen LogP contribution in [0.4, 0.5) is 5.69 Å². The van der Waals surface area contributed by atoms with Gasteiger partial charge in [-0.1, -0.05) is 6.07 Å². The third-order valence-electron chi connectivity index (χ3n) is 4.83. The summed E-state index contributed by atoms with van der Waals surface area (Å²) >= 11 is 0. The van der Waals surface area contributed by atoms with Gasteiger partial charge in [0.15, 0.2) is 5.96 Å². The maximum atomic E-state index is 5.82. The van der Waals surface area contributed by atoms with Crippen LogP contribution in [0.3, 0.4) is 0 Å². The first-order valence-corrected chi connectivity index (χ1v) is 10.7. The van der Waals surface area contributed by atoms with Crippen LogP contribution < -0.4 is 15.4 Å². The maximum Gasteiger partial charge on any atom is 0.195 e. The number of benzene rings is 1. The standard InChI is InChI=1S/C23H33N3O4/c1-27-13-6-16-29-21-9-4-7-19(17-21)26-23(24-12-11-20-10-5-15-28-20)25-18-22-8-2-3-14-30-22/h4-5,7,9-10,15,17,22H,2-3,6,8,11-14,16,18H2,1H3,(H2,24,25,26). The Kier molecular flexibility index (Phi) is 9.56. The van der Waals surface area contributed by atoms with Crippen LogP contribution in [0, 0.1) is 0 Å².